The molecule has 16 heavy (non-hydrogen) atoms. The van der Waals surface area contributed by atoms with Crippen LogP contribution in [0.1, 0.15) is 65.4 Å². The van der Waals surface area contributed by atoms with E-state index in [1.54, 1.807) is 0 Å². The minimum atomic E-state index is 0.763. The van der Waals surface area contributed by atoms with Gasteiger partial charge in [-0.05, 0) is 30.2 Å². The molecule has 1 unspecified atom stereocenters. The fourth-order valence-electron chi connectivity index (χ4n) is 1.87. The van der Waals surface area contributed by atoms with Crippen LogP contribution in [0.15, 0.2) is 30.3 Å². The van der Waals surface area contributed by atoms with E-state index in [-0.39, 0.29) is 0 Å². The van der Waals surface area contributed by atoms with E-state index in [2.05, 4.69) is 51.1 Å². The van der Waals surface area contributed by atoms with Crippen LogP contribution in [0.4, 0.5) is 0 Å². The molecule has 0 saturated carbocycles. The van der Waals surface area contributed by atoms with Gasteiger partial charge in [-0.2, -0.15) is 0 Å². The van der Waals surface area contributed by atoms with Crippen molar-refractivity contribution in [2.24, 2.45) is 5.92 Å². The zero-order chi connectivity index (χ0) is 12.4. The molecule has 0 aliphatic heterocycles. The van der Waals surface area contributed by atoms with E-state index in [9.17, 15) is 0 Å². The first kappa shape index (κ1) is 15.2. The van der Waals surface area contributed by atoms with Gasteiger partial charge in [-0.25, -0.2) is 0 Å². The van der Waals surface area contributed by atoms with Crippen LogP contribution in [0.5, 0.6) is 0 Å². The van der Waals surface area contributed by atoms with Gasteiger partial charge in [0.2, 0.25) is 0 Å². The summed E-state index contributed by atoms with van der Waals surface area (Å²) in [5, 5.41) is 0. The van der Waals surface area contributed by atoms with Gasteiger partial charge in [0.05, 0.1) is 0 Å². The quantitative estimate of drug-likeness (QED) is 0.602. The highest BCUT2D eigenvalue weighted by Gasteiger charge is 2.08. The molecule has 1 aromatic rings. The zero-order valence-corrected chi connectivity index (χ0v) is 11.7. The zero-order valence-electron chi connectivity index (χ0n) is 11.7. The Bertz CT molecular complexity index is 235. The second-order valence-electron chi connectivity index (χ2n) is 4.49. The summed E-state index contributed by atoms with van der Waals surface area (Å²) in [5.74, 6) is 1.59. The van der Waals surface area contributed by atoms with Crippen molar-refractivity contribution in [1.82, 2.24) is 0 Å². The third kappa shape index (κ3) is 5.95. The van der Waals surface area contributed by atoms with E-state index < -0.39 is 0 Å². The van der Waals surface area contributed by atoms with Crippen molar-refractivity contribution in [2.75, 3.05) is 0 Å². The average Bonchev–Trinajstić information content (AvgIpc) is 2.33. The molecule has 0 amide bonds. The smallest absolute Gasteiger partial charge is 0.0164 e. The normalized spacial score (nSPS) is 11.9. The molecule has 1 aromatic carbocycles. The molecular weight excluding hydrogens is 192 g/mol. The lowest BCUT2D eigenvalue weighted by molar-refractivity contribution is 0.492. The molecule has 0 saturated heterocycles. The molecular formula is C16H28. The maximum atomic E-state index is 2.30. The lowest BCUT2D eigenvalue weighted by Gasteiger charge is -2.16. The monoisotopic (exact) mass is 220 g/mol. The van der Waals surface area contributed by atoms with Crippen LogP contribution in [-0.2, 0) is 0 Å². The fraction of sp³-hybridized carbons (Fsp3) is 0.625. The van der Waals surface area contributed by atoms with Crippen LogP contribution in [0.25, 0.3) is 0 Å². The van der Waals surface area contributed by atoms with Crippen LogP contribution < -0.4 is 0 Å². The van der Waals surface area contributed by atoms with Gasteiger partial charge in [-0.15, -0.1) is 0 Å². The number of benzene rings is 1. The van der Waals surface area contributed by atoms with Crippen LogP contribution in [0.2, 0.25) is 0 Å². The second-order valence-corrected chi connectivity index (χ2v) is 4.49. The highest BCUT2D eigenvalue weighted by atomic mass is 14.1. The molecule has 1 atom stereocenters. The Kier molecular flexibility index (Phi) is 8.99. The lowest BCUT2D eigenvalue weighted by atomic mass is 9.89. The van der Waals surface area contributed by atoms with Crippen molar-refractivity contribution >= 4 is 0 Å². The molecule has 1 rings (SSSR count). The standard InChI is InChI=1S/C14H22.C2H6/c1-4-13(11-10-12(2)3)14-8-6-5-7-9-14;1-2/h5-9,12-13H,4,10-11H2,1-3H3;1-2H3. The topological polar surface area (TPSA) is 0 Å². The number of rotatable bonds is 5. The Morgan fingerprint density at radius 2 is 1.50 bits per heavy atom. The summed E-state index contributed by atoms with van der Waals surface area (Å²) in [7, 11) is 0. The summed E-state index contributed by atoms with van der Waals surface area (Å²) in [5.41, 5.74) is 1.51. The maximum absolute atomic E-state index is 2.30. The lowest BCUT2D eigenvalue weighted by Crippen LogP contribution is -1.99. The molecule has 0 aliphatic rings. The Balaban J connectivity index is 0.00000106. The second kappa shape index (κ2) is 9.45. The Morgan fingerprint density at radius 1 is 0.938 bits per heavy atom. The fourth-order valence-corrected chi connectivity index (χ4v) is 1.87. The summed E-state index contributed by atoms with van der Waals surface area (Å²) in [4.78, 5) is 0. The van der Waals surface area contributed by atoms with Gasteiger partial charge in [0.15, 0.2) is 0 Å². The van der Waals surface area contributed by atoms with Crippen molar-refractivity contribution in [3.8, 4) is 0 Å². The highest BCUT2D eigenvalue weighted by molar-refractivity contribution is 5.19. The van der Waals surface area contributed by atoms with Gasteiger partial charge in [-0.3, -0.25) is 0 Å². The maximum Gasteiger partial charge on any atom is -0.0164 e. The Hall–Kier alpha value is -0.780. The Labute approximate surface area is 102 Å². The molecule has 0 bridgehead atoms. The van der Waals surface area contributed by atoms with Gasteiger partial charge in [0.25, 0.3) is 0 Å². The van der Waals surface area contributed by atoms with E-state index >= 15 is 0 Å². The summed E-state index contributed by atoms with van der Waals surface area (Å²) in [6.45, 7) is 10.9. The van der Waals surface area contributed by atoms with E-state index in [1.807, 2.05) is 13.8 Å². The largest absolute Gasteiger partial charge is 0.0683 e. The number of hydrogen-bond donors (Lipinski definition) is 0. The van der Waals surface area contributed by atoms with Crippen LogP contribution >= 0.6 is 0 Å². The summed E-state index contributed by atoms with van der Waals surface area (Å²) in [6.07, 6.45) is 3.93. The third-order valence-corrected chi connectivity index (χ3v) is 2.86. The van der Waals surface area contributed by atoms with E-state index in [4.69, 9.17) is 0 Å². The molecule has 0 radical (unpaired) electrons. The van der Waals surface area contributed by atoms with Gasteiger partial charge in [-0.1, -0.05) is 71.4 Å². The summed E-state index contributed by atoms with van der Waals surface area (Å²) < 4.78 is 0. The molecule has 0 heteroatoms. The molecule has 0 aliphatic carbocycles. The molecule has 92 valence electrons. The van der Waals surface area contributed by atoms with Crippen LogP contribution in [0.3, 0.4) is 0 Å². The van der Waals surface area contributed by atoms with Crippen molar-refractivity contribution in [2.45, 2.75) is 59.8 Å². The first-order valence-corrected chi connectivity index (χ1v) is 6.79. The molecule has 0 nitrogen and oxygen atoms in total. The van der Waals surface area contributed by atoms with Gasteiger partial charge in [0.1, 0.15) is 0 Å². The van der Waals surface area contributed by atoms with Crippen molar-refractivity contribution < 1.29 is 0 Å². The molecule has 0 aromatic heterocycles. The first-order chi connectivity index (χ1) is 7.74. The minimum absolute atomic E-state index is 0.763. The minimum Gasteiger partial charge on any atom is -0.0683 e. The highest BCUT2D eigenvalue weighted by Crippen LogP contribution is 2.25. The SMILES string of the molecule is CC.CCC(CCC(C)C)c1ccccc1. The Morgan fingerprint density at radius 3 is 1.94 bits per heavy atom. The summed E-state index contributed by atoms with van der Waals surface area (Å²) in [6, 6.07) is 10.9. The molecule has 0 fully saturated rings. The van der Waals surface area contributed by atoms with E-state index in [0.29, 0.717) is 0 Å². The predicted octanol–water partition coefficient (Wildman–Crippen LogP) is 5.64. The van der Waals surface area contributed by atoms with E-state index in [0.717, 1.165) is 11.8 Å². The first-order valence-electron chi connectivity index (χ1n) is 6.79. The molecule has 0 heterocycles. The van der Waals surface area contributed by atoms with Crippen molar-refractivity contribution in [3.05, 3.63) is 35.9 Å². The van der Waals surface area contributed by atoms with Crippen LogP contribution in [-0.4, -0.2) is 0 Å². The molecule has 0 spiro atoms. The van der Waals surface area contributed by atoms with Gasteiger partial charge < -0.3 is 0 Å². The van der Waals surface area contributed by atoms with Crippen molar-refractivity contribution in [3.63, 3.8) is 0 Å². The van der Waals surface area contributed by atoms with Crippen LogP contribution in [0, 0.1) is 5.92 Å². The van der Waals surface area contributed by atoms with Crippen molar-refractivity contribution in [1.29, 1.82) is 0 Å². The van der Waals surface area contributed by atoms with E-state index in [1.165, 1.54) is 24.8 Å². The van der Waals surface area contributed by atoms with Gasteiger partial charge >= 0.3 is 0 Å². The average molecular weight is 220 g/mol. The van der Waals surface area contributed by atoms with Gasteiger partial charge in [0, 0.05) is 0 Å². The third-order valence-electron chi connectivity index (χ3n) is 2.86. The number of hydrogen-bond acceptors (Lipinski definition) is 0. The predicted molar refractivity (Wildman–Crippen MR) is 74.9 cm³/mol. The molecule has 0 N–H and O–H groups in total. The summed E-state index contributed by atoms with van der Waals surface area (Å²) >= 11 is 0.